The lowest BCUT2D eigenvalue weighted by molar-refractivity contribution is 0.561. The summed E-state index contributed by atoms with van der Waals surface area (Å²) < 4.78 is 1.53. The number of hydrogen-bond acceptors (Lipinski definition) is 3. The zero-order chi connectivity index (χ0) is 14.7. The van der Waals surface area contributed by atoms with Crippen LogP contribution in [0.2, 0.25) is 0 Å². The molecule has 0 fully saturated rings. The van der Waals surface area contributed by atoms with E-state index in [1.165, 1.54) is 4.68 Å². The molecule has 4 nitrogen and oxygen atoms in total. The van der Waals surface area contributed by atoms with Crippen LogP contribution >= 0.6 is 0 Å². The molecule has 0 aliphatic heterocycles. The first-order valence-corrected chi connectivity index (χ1v) is 7.06. The lowest BCUT2D eigenvalue weighted by Crippen LogP contribution is -2.25. The summed E-state index contributed by atoms with van der Waals surface area (Å²) >= 11 is 0. The highest BCUT2D eigenvalue weighted by molar-refractivity contribution is 5.93. The topological polar surface area (TPSA) is 60.9 Å². The third-order valence-corrected chi connectivity index (χ3v) is 3.49. The van der Waals surface area contributed by atoms with E-state index >= 15 is 0 Å². The zero-order valence-corrected chi connectivity index (χ0v) is 11.7. The first-order chi connectivity index (χ1) is 10.3. The van der Waals surface area contributed by atoms with Gasteiger partial charge in [0.1, 0.15) is 0 Å². The van der Waals surface area contributed by atoms with Gasteiger partial charge < -0.3 is 5.73 Å². The molecule has 3 rings (SSSR count). The second-order valence-corrected chi connectivity index (χ2v) is 4.93. The molecule has 4 heteroatoms. The first-order valence-electron chi connectivity index (χ1n) is 7.06. The van der Waals surface area contributed by atoms with Crippen molar-refractivity contribution in [2.75, 3.05) is 6.54 Å². The smallest absolute Gasteiger partial charge is 0.274 e. The van der Waals surface area contributed by atoms with Crippen molar-refractivity contribution in [3.05, 3.63) is 65.0 Å². The molecule has 0 unspecified atom stereocenters. The fourth-order valence-electron chi connectivity index (χ4n) is 2.44. The molecule has 0 amide bonds. The maximum atomic E-state index is 12.5. The predicted molar refractivity (Wildman–Crippen MR) is 85.1 cm³/mol. The normalized spacial score (nSPS) is 10.9. The van der Waals surface area contributed by atoms with Gasteiger partial charge in [-0.3, -0.25) is 4.79 Å². The summed E-state index contributed by atoms with van der Waals surface area (Å²) in [6.07, 6.45) is 0.736. The summed E-state index contributed by atoms with van der Waals surface area (Å²) in [7, 11) is 0. The lowest BCUT2D eigenvalue weighted by atomic mass is 10.1. The van der Waals surface area contributed by atoms with Gasteiger partial charge >= 0.3 is 0 Å². The highest BCUT2D eigenvalue weighted by atomic mass is 16.1. The van der Waals surface area contributed by atoms with Crippen LogP contribution in [-0.4, -0.2) is 16.3 Å². The second kappa shape index (κ2) is 5.89. The van der Waals surface area contributed by atoms with Gasteiger partial charge in [-0.25, -0.2) is 4.68 Å². The van der Waals surface area contributed by atoms with E-state index in [4.69, 9.17) is 5.73 Å². The van der Waals surface area contributed by atoms with Crippen LogP contribution in [0.5, 0.6) is 0 Å². The average molecular weight is 279 g/mol. The van der Waals surface area contributed by atoms with Crippen molar-refractivity contribution in [3.8, 4) is 11.3 Å². The van der Waals surface area contributed by atoms with Gasteiger partial charge in [0.2, 0.25) is 0 Å². The number of nitrogens with zero attached hydrogens (tertiary/aromatic N) is 2. The number of aryl methyl sites for hydroxylation is 1. The number of fused-ring (bicyclic) bond motifs is 1. The van der Waals surface area contributed by atoms with Gasteiger partial charge in [0.05, 0.1) is 11.1 Å². The van der Waals surface area contributed by atoms with Crippen molar-refractivity contribution < 1.29 is 0 Å². The van der Waals surface area contributed by atoms with Crippen molar-refractivity contribution in [2.45, 2.75) is 13.0 Å². The average Bonchev–Trinajstić information content (AvgIpc) is 2.55. The predicted octanol–water partition coefficient (Wildman–Crippen LogP) is 2.41. The van der Waals surface area contributed by atoms with Crippen LogP contribution in [0.1, 0.15) is 6.42 Å². The highest BCUT2D eigenvalue weighted by Crippen LogP contribution is 2.24. The Balaban J connectivity index is 2.27. The van der Waals surface area contributed by atoms with E-state index in [1.54, 1.807) is 0 Å². The van der Waals surface area contributed by atoms with E-state index < -0.39 is 0 Å². The molecule has 0 saturated heterocycles. The van der Waals surface area contributed by atoms with E-state index in [-0.39, 0.29) is 5.56 Å². The molecule has 21 heavy (non-hydrogen) atoms. The Morgan fingerprint density at radius 2 is 1.62 bits per heavy atom. The number of rotatable bonds is 4. The summed E-state index contributed by atoms with van der Waals surface area (Å²) in [5.41, 5.74) is 7.33. The minimum atomic E-state index is -0.0567. The van der Waals surface area contributed by atoms with Crippen LogP contribution in [-0.2, 0) is 6.54 Å². The molecule has 2 N–H and O–H groups in total. The van der Waals surface area contributed by atoms with Gasteiger partial charge in [0.25, 0.3) is 5.56 Å². The van der Waals surface area contributed by atoms with Crippen molar-refractivity contribution in [3.63, 3.8) is 0 Å². The van der Waals surface area contributed by atoms with Crippen LogP contribution < -0.4 is 11.3 Å². The van der Waals surface area contributed by atoms with E-state index in [2.05, 4.69) is 5.10 Å². The fraction of sp³-hybridized carbons (Fsp3) is 0.176. The Kier molecular flexibility index (Phi) is 3.79. The van der Waals surface area contributed by atoms with Gasteiger partial charge in [-0.2, -0.15) is 5.10 Å². The van der Waals surface area contributed by atoms with Gasteiger partial charge in [-0.15, -0.1) is 0 Å². The molecular weight excluding hydrogens is 262 g/mol. The minimum absolute atomic E-state index is 0.0567. The third kappa shape index (κ3) is 2.58. The van der Waals surface area contributed by atoms with Crippen LogP contribution in [0.4, 0.5) is 0 Å². The Morgan fingerprint density at radius 3 is 2.33 bits per heavy atom. The van der Waals surface area contributed by atoms with E-state index in [0.29, 0.717) is 18.5 Å². The summed E-state index contributed by atoms with van der Waals surface area (Å²) in [5.74, 6) is 0. The fourth-order valence-corrected chi connectivity index (χ4v) is 2.44. The molecule has 2 aromatic carbocycles. The molecule has 0 atom stereocenters. The molecule has 106 valence electrons. The number of benzene rings is 2. The number of nitrogens with two attached hydrogens (primary N) is 1. The maximum Gasteiger partial charge on any atom is 0.274 e. The van der Waals surface area contributed by atoms with Gasteiger partial charge in [-0.1, -0.05) is 48.5 Å². The highest BCUT2D eigenvalue weighted by Gasteiger charge is 2.11. The van der Waals surface area contributed by atoms with Crippen LogP contribution in [0.25, 0.3) is 22.0 Å². The van der Waals surface area contributed by atoms with E-state index in [1.807, 2.05) is 54.6 Å². The third-order valence-electron chi connectivity index (χ3n) is 3.49. The molecule has 0 radical (unpaired) electrons. The van der Waals surface area contributed by atoms with Crippen LogP contribution in [0.3, 0.4) is 0 Å². The number of hydrogen-bond donors (Lipinski definition) is 1. The van der Waals surface area contributed by atoms with E-state index in [9.17, 15) is 4.79 Å². The molecule has 0 aliphatic carbocycles. The van der Waals surface area contributed by atoms with Crippen molar-refractivity contribution >= 4 is 10.8 Å². The van der Waals surface area contributed by atoms with E-state index in [0.717, 1.165) is 23.1 Å². The molecule has 1 heterocycles. The lowest BCUT2D eigenvalue weighted by Gasteiger charge is -2.10. The summed E-state index contributed by atoms with van der Waals surface area (Å²) in [6.45, 7) is 1.08. The van der Waals surface area contributed by atoms with Gasteiger partial charge in [-0.05, 0) is 19.0 Å². The summed E-state index contributed by atoms with van der Waals surface area (Å²) in [4.78, 5) is 12.5. The van der Waals surface area contributed by atoms with Crippen LogP contribution in [0, 0.1) is 0 Å². The molecule has 0 saturated carbocycles. The Morgan fingerprint density at radius 1 is 0.952 bits per heavy atom. The van der Waals surface area contributed by atoms with Crippen molar-refractivity contribution in [2.24, 2.45) is 5.73 Å². The quantitative estimate of drug-likeness (QED) is 0.797. The second-order valence-electron chi connectivity index (χ2n) is 4.93. The Labute approximate surface area is 122 Å². The largest absolute Gasteiger partial charge is 0.330 e. The SMILES string of the molecule is NCCCn1nc(-c2ccccc2)c2ccccc2c1=O. The summed E-state index contributed by atoms with van der Waals surface area (Å²) in [6, 6.07) is 17.5. The zero-order valence-electron chi connectivity index (χ0n) is 11.7. The van der Waals surface area contributed by atoms with Crippen molar-refractivity contribution in [1.29, 1.82) is 0 Å². The molecule has 0 aliphatic rings. The first kappa shape index (κ1) is 13.5. The molecular formula is C17H17N3O. The maximum absolute atomic E-state index is 12.5. The standard InChI is InChI=1S/C17H17N3O/c18-11-6-12-20-17(21)15-10-5-4-9-14(15)16(19-20)13-7-2-1-3-8-13/h1-5,7-10H,6,11-12,18H2. The molecule has 0 bridgehead atoms. The Hall–Kier alpha value is -2.46. The Bertz CT molecular complexity index is 809. The minimum Gasteiger partial charge on any atom is -0.330 e. The summed E-state index contributed by atoms with van der Waals surface area (Å²) in [5, 5.41) is 6.14. The van der Waals surface area contributed by atoms with Gasteiger partial charge in [0.15, 0.2) is 0 Å². The van der Waals surface area contributed by atoms with Crippen LogP contribution in [0.15, 0.2) is 59.4 Å². The molecule has 0 spiro atoms. The monoisotopic (exact) mass is 279 g/mol. The van der Waals surface area contributed by atoms with Gasteiger partial charge in [0, 0.05) is 17.5 Å². The molecule has 1 aromatic heterocycles. The molecule has 3 aromatic rings. The van der Waals surface area contributed by atoms with Crippen molar-refractivity contribution in [1.82, 2.24) is 9.78 Å². The number of aromatic nitrogens is 2.